The molecule has 0 unspecified atom stereocenters. The van der Waals surface area contributed by atoms with Gasteiger partial charge < -0.3 is 16.2 Å². The number of nitrogens with zero attached hydrogens (tertiary/aromatic N) is 1. The number of rotatable bonds is 2. The summed E-state index contributed by atoms with van der Waals surface area (Å²) < 4.78 is 0. The van der Waals surface area contributed by atoms with Crippen LogP contribution in [0.25, 0.3) is 0 Å². The maximum absolute atomic E-state index is 12.9. The van der Waals surface area contributed by atoms with Crippen LogP contribution >= 0.6 is 23.2 Å². The standard InChI is InChI=1S/C19H14Cl2N4O4/c20-9-6-12-15(13(21)7-9)23-18(28)19(12,29)11-5-8-3-1-2-4-10(8)14(11)24-25-17(27)16(22)26/h1-4,6-7,11,29H,5H2,(H2,22,26)(H,23,28)(H,25,27)/b24-14+/t11-,19+/m1/s1. The second-order valence-corrected chi connectivity index (χ2v) is 7.59. The molecule has 5 N–H and O–H groups in total. The van der Waals surface area contributed by atoms with Crippen LogP contribution in [0, 0.1) is 5.92 Å². The summed E-state index contributed by atoms with van der Waals surface area (Å²) in [5, 5.41) is 18.6. The van der Waals surface area contributed by atoms with Gasteiger partial charge in [0.25, 0.3) is 5.91 Å². The molecule has 8 nitrogen and oxygen atoms in total. The molecule has 0 radical (unpaired) electrons. The van der Waals surface area contributed by atoms with Gasteiger partial charge in [-0.15, -0.1) is 0 Å². The number of hydrazone groups is 1. The minimum atomic E-state index is -2.04. The van der Waals surface area contributed by atoms with Crippen molar-refractivity contribution >= 4 is 52.3 Å². The van der Waals surface area contributed by atoms with E-state index >= 15 is 0 Å². The van der Waals surface area contributed by atoms with Crippen molar-refractivity contribution in [1.29, 1.82) is 0 Å². The summed E-state index contributed by atoms with van der Waals surface area (Å²) in [7, 11) is 0. The first kappa shape index (κ1) is 19.4. The number of nitrogens with two attached hydrogens (primary N) is 1. The Balaban J connectivity index is 1.86. The Labute approximate surface area is 174 Å². The number of benzene rings is 2. The predicted molar refractivity (Wildman–Crippen MR) is 106 cm³/mol. The lowest BCUT2D eigenvalue weighted by molar-refractivity contribution is -0.137. The van der Waals surface area contributed by atoms with Gasteiger partial charge in [0, 0.05) is 16.1 Å². The largest absolute Gasteiger partial charge is 0.375 e. The lowest BCUT2D eigenvalue weighted by Crippen LogP contribution is -2.45. The fourth-order valence-corrected chi connectivity index (χ4v) is 4.32. The first-order valence-corrected chi connectivity index (χ1v) is 9.28. The van der Waals surface area contributed by atoms with E-state index in [2.05, 4.69) is 15.8 Å². The lowest BCUT2D eigenvalue weighted by Gasteiger charge is -2.28. The zero-order valence-corrected chi connectivity index (χ0v) is 16.2. The molecule has 0 aromatic heterocycles. The van der Waals surface area contributed by atoms with Gasteiger partial charge in [-0.3, -0.25) is 14.4 Å². The van der Waals surface area contributed by atoms with E-state index in [9.17, 15) is 19.5 Å². The van der Waals surface area contributed by atoms with Gasteiger partial charge in [-0.05, 0) is 24.1 Å². The summed E-state index contributed by atoms with van der Waals surface area (Å²) >= 11 is 12.3. The molecule has 1 heterocycles. The number of hydrogen-bond acceptors (Lipinski definition) is 5. The molecule has 1 aliphatic carbocycles. The molecule has 2 atom stereocenters. The van der Waals surface area contributed by atoms with Crippen molar-refractivity contribution in [3.8, 4) is 0 Å². The Bertz CT molecular complexity index is 1120. The zero-order valence-electron chi connectivity index (χ0n) is 14.7. The maximum atomic E-state index is 12.9. The van der Waals surface area contributed by atoms with E-state index < -0.39 is 29.2 Å². The SMILES string of the molecule is NC(=O)C(=O)N/N=C1\c2ccccc2C[C@H]1[C@@]1(O)C(=O)Nc2c(Cl)cc(Cl)cc21. The van der Waals surface area contributed by atoms with E-state index in [1.165, 1.54) is 12.1 Å². The van der Waals surface area contributed by atoms with E-state index in [1.54, 1.807) is 18.2 Å². The van der Waals surface area contributed by atoms with Crippen LogP contribution in [-0.2, 0) is 26.4 Å². The number of fused-ring (bicyclic) bond motifs is 2. The third-order valence-corrected chi connectivity index (χ3v) is 5.62. The fourth-order valence-electron chi connectivity index (χ4n) is 3.78. The van der Waals surface area contributed by atoms with Crippen LogP contribution in [0.1, 0.15) is 16.7 Å². The van der Waals surface area contributed by atoms with Crippen LogP contribution < -0.4 is 16.5 Å². The highest BCUT2D eigenvalue weighted by Gasteiger charge is 2.55. The van der Waals surface area contributed by atoms with Crippen LogP contribution in [0.3, 0.4) is 0 Å². The highest BCUT2D eigenvalue weighted by molar-refractivity contribution is 6.38. The molecule has 0 fully saturated rings. The minimum absolute atomic E-state index is 0.188. The van der Waals surface area contributed by atoms with Gasteiger partial charge in [0.05, 0.1) is 22.3 Å². The molecule has 0 saturated heterocycles. The van der Waals surface area contributed by atoms with Crippen molar-refractivity contribution < 1.29 is 19.5 Å². The Hall–Kier alpha value is -2.94. The number of nitrogens with one attached hydrogen (secondary N) is 2. The van der Waals surface area contributed by atoms with Crippen LogP contribution in [0.15, 0.2) is 41.5 Å². The Kier molecular flexibility index (Phi) is 4.57. The average Bonchev–Trinajstić information content (AvgIpc) is 3.17. The molecular formula is C19H14Cl2N4O4. The summed E-state index contributed by atoms with van der Waals surface area (Å²) in [5.74, 6) is -3.89. The van der Waals surface area contributed by atoms with Crippen molar-refractivity contribution in [2.24, 2.45) is 16.8 Å². The smallest absolute Gasteiger partial charge is 0.329 e. The van der Waals surface area contributed by atoms with Crippen molar-refractivity contribution in [2.45, 2.75) is 12.0 Å². The van der Waals surface area contributed by atoms with E-state index in [1.807, 2.05) is 6.07 Å². The third kappa shape index (κ3) is 2.96. The monoisotopic (exact) mass is 432 g/mol. The van der Waals surface area contributed by atoms with E-state index in [4.69, 9.17) is 28.9 Å². The minimum Gasteiger partial charge on any atom is -0.375 e. The van der Waals surface area contributed by atoms with Crippen LogP contribution in [-0.4, -0.2) is 28.5 Å². The number of primary amides is 1. The van der Waals surface area contributed by atoms with Crippen LogP contribution in [0.5, 0.6) is 0 Å². The summed E-state index contributed by atoms with van der Waals surface area (Å²) in [4.78, 5) is 35.5. The quantitative estimate of drug-likeness (QED) is 0.420. The molecule has 2 aromatic carbocycles. The molecule has 29 heavy (non-hydrogen) atoms. The predicted octanol–water partition coefficient (Wildman–Crippen LogP) is 1.31. The number of carbonyl (C=O) groups excluding carboxylic acids is 3. The molecule has 2 aliphatic rings. The molecule has 1 aliphatic heterocycles. The lowest BCUT2D eigenvalue weighted by atomic mass is 9.79. The van der Waals surface area contributed by atoms with E-state index in [0.717, 1.165) is 5.56 Å². The van der Waals surface area contributed by atoms with Crippen molar-refractivity contribution in [3.63, 3.8) is 0 Å². The van der Waals surface area contributed by atoms with Crippen molar-refractivity contribution in [1.82, 2.24) is 5.43 Å². The summed E-state index contributed by atoms with van der Waals surface area (Å²) in [6.45, 7) is 0. The first-order valence-electron chi connectivity index (χ1n) is 8.52. The third-order valence-electron chi connectivity index (χ3n) is 5.10. The summed E-state index contributed by atoms with van der Waals surface area (Å²) in [5.41, 5.74) is 7.14. The Morgan fingerprint density at radius 1 is 1.28 bits per heavy atom. The zero-order chi connectivity index (χ0) is 20.9. The second kappa shape index (κ2) is 6.84. The van der Waals surface area contributed by atoms with E-state index in [0.29, 0.717) is 5.56 Å². The molecule has 3 amide bonds. The number of anilines is 1. The van der Waals surface area contributed by atoms with Gasteiger partial charge in [0.2, 0.25) is 0 Å². The molecular weight excluding hydrogens is 419 g/mol. The number of halogens is 2. The van der Waals surface area contributed by atoms with Crippen molar-refractivity contribution in [3.05, 3.63) is 63.1 Å². The number of carbonyl (C=O) groups is 3. The Morgan fingerprint density at radius 2 is 2.00 bits per heavy atom. The van der Waals surface area contributed by atoms with Gasteiger partial charge in [-0.1, -0.05) is 47.5 Å². The van der Waals surface area contributed by atoms with Crippen LogP contribution in [0.2, 0.25) is 10.0 Å². The first-order chi connectivity index (χ1) is 13.7. The number of hydrogen-bond donors (Lipinski definition) is 4. The topological polar surface area (TPSA) is 134 Å². The molecule has 0 saturated carbocycles. The average molecular weight is 433 g/mol. The van der Waals surface area contributed by atoms with Gasteiger partial charge in [-0.2, -0.15) is 5.10 Å². The van der Waals surface area contributed by atoms with Crippen LogP contribution in [0.4, 0.5) is 5.69 Å². The highest BCUT2D eigenvalue weighted by atomic mass is 35.5. The fraction of sp³-hybridized carbons (Fsp3) is 0.158. The molecule has 0 bridgehead atoms. The van der Waals surface area contributed by atoms with Gasteiger partial charge in [0.1, 0.15) is 0 Å². The second-order valence-electron chi connectivity index (χ2n) is 6.75. The number of amides is 3. The molecule has 0 spiro atoms. The van der Waals surface area contributed by atoms with Gasteiger partial charge in [-0.25, -0.2) is 5.43 Å². The summed E-state index contributed by atoms with van der Waals surface area (Å²) in [6.07, 6.45) is 0.259. The highest BCUT2D eigenvalue weighted by Crippen LogP contribution is 2.49. The molecule has 4 rings (SSSR count). The maximum Gasteiger partial charge on any atom is 0.329 e. The molecule has 2 aromatic rings. The summed E-state index contributed by atoms with van der Waals surface area (Å²) in [6, 6.07) is 10.0. The number of aliphatic hydroxyl groups is 1. The van der Waals surface area contributed by atoms with E-state index in [-0.39, 0.29) is 33.4 Å². The van der Waals surface area contributed by atoms with Crippen molar-refractivity contribution in [2.75, 3.05) is 5.32 Å². The molecule has 148 valence electrons. The normalized spacial score (nSPS) is 23.5. The molecule has 10 heteroatoms. The van der Waals surface area contributed by atoms with Gasteiger partial charge >= 0.3 is 11.8 Å². The Morgan fingerprint density at radius 3 is 2.72 bits per heavy atom. The van der Waals surface area contributed by atoms with Gasteiger partial charge in [0.15, 0.2) is 5.60 Å².